The number of nitrogens with zero attached hydrogens (tertiary/aromatic N) is 1. The molecule has 0 amide bonds. The van der Waals surface area contributed by atoms with E-state index in [1.54, 1.807) is 12.1 Å². The first-order valence-corrected chi connectivity index (χ1v) is 12.0. The van der Waals surface area contributed by atoms with Gasteiger partial charge in [0.25, 0.3) is 0 Å². The predicted molar refractivity (Wildman–Crippen MR) is 123 cm³/mol. The van der Waals surface area contributed by atoms with Crippen LogP contribution in [0.25, 0.3) is 0 Å². The molecule has 0 bridgehead atoms. The average molecular weight is 468 g/mol. The first-order valence-electron chi connectivity index (χ1n) is 10.6. The summed E-state index contributed by atoms with van der Waals surface area (Å²) in [5.41, 5.74) is 2.06. The Morgan fingerprint density at radius 2 is 1.64 bits per heavy atom. The maximum atomic E-state index is 13.2. The first kappa shape index (κ1) is 23.0. The maximum absolute atomic E-state index is 13.2. The molecule has 0 spiro atoms. The highest BCUT2D eigenvalue weighted by atomic mass is 32.2. The van der Waals surface area contributed by atoms with Gasteiger partial charge in [-0.2, -0.15) is 4.31 Å². The van der Waals surface area contributed by atoms with Gasteiger partial charge in [-0.3, -0.25) is 0 Å². The zero-order chi connectivity index (χ0) is 23.3. The molecular formula is C25H25NO6S. The van der Waals surface area contributed by atoms with E-state index < -0.39 is 16.0 Å². The number of ether oxygens (including phenoxy) is 3. The molecule has 0 unspecified atom stereocenters. The van der Waals surface area contributed by atoms with Gasteiger partial charge in [0.15, 0.2) is 0 Å². The summed E-state index contributed by atoms with van der Waals surface area (Å²) in [5.74, 6) is -0.0427. The van der Waals surface area contributed by atoms with E-state index in [0.29, 0.717) is 25.4 Å². The minimum Gasteiger partial charge on any atom is -0.495 e. The van der Waals surface area contributed by atoms with Crippen molar-refractivity contribution in [1.29, 1.82) is 0 Å². The summed E-state index contributed by atoms with van der Waals surface area (Å²) in [6.07, 6.45) is 0.601. The van der Waals surface area contributed by atoms with Gasteiger partial charge in [-0.25, -0.2) is 13.2 Å². The summed E-state index contributed by atoms with van der Waals surface area (Å²) < 4.78 is 43.9. The Kier molecular flexibility index (Phi) is 7.08. The lowest BCUT2D eigenvalue weighted by molar-refractivity contribution is 0.0726. The topological polar surface area (TPSA) is 82.1 Å². The van der Waals surface area contributed by atoms with Gasteiger partial charge in [-0.05, 0) is 35.4 Å². The average Bonchev–Trinajstić information content (AvgIpc) is 2.86. The number of sulfonamides is 1. The number of methoxy groups -OCH3 is 1. The van der Waals surface area contributed by atoms with Crippen LogP contribution < -0.4 is 9.47 Å². The van der Waals surface area contributed by atoms with Crippen molar-refractivity contribution >= 4 is 16.0 Å². The summed E-state index contributed by atoms with van der Waals surface area (Å²) in [5, 5.41) is 0. The molecule has 0 aliphatic carbocycles. The smallest absolute Gasteiger partial charge is 0.343 e. The molecule has 1 fully saturated rings. The summed E-state index contributed by atoms with van der Waals surface area (Å²) in [4.78, 5) is 12.9. The number of hydrogen-bond donors (Lipinski definition) is 0. The number of benzene rings is 3. The quantitative estimate of drug-likeness (QED) is 0.391. The van der Waals surface area contributed by atoms with Crippen molar-refractivity contribution in [2.45, 2.75) is 11.3 Å². The first-order chi connectivity index (χ1) is 16.0. The van der Waals surface area contributed by atoms with E-state index in [2.05, 4.69) is 0 Å². The van der Waals surface area contributed by atoms with E-state index in [9.17, 15) is 13.2 Å². The number of hydrogen-bond acceptors (Lipinski definition) is 6. The van der Waals surface area contributed by atoms with E-state index in [4.69, 9.17) is 14.2 Å². The molecule has 1 heterocycles. The van der Waals surface area contributed by atoms with Crippen LogP contribution >= 0.6 is 0 Å². The van der Waals surface area contributed by atoms with Crippen molar-refractivity contribution < 1.29 is 27.4 Å². The van der Waals surface area contributed by atoms with E-state index >= 15 is 0 Å². The molecule has 3 aromatic rings. The number of carbonyl (C=O) groups excluding carboxylic acids is 1. The lowest BCUT2D eigenvalue weighted by Gasteiger charge is -2.26. The van der Waals surface area contributed by atoms with Crippen LogP contribution in [0.4, 0.5) is 0 Å². The molecule has 4 rings (SSSR count). The number of carbonyl (C=O) groups is 1. The Labute approximate surface area is 193 Å². The van der Waals surface area contributed by atoms with Crippen molar-refractivity contribution in [2.75, 3.05) is 33.4 Å². The highest BCUT2D eigenvalue weighted by Gasteiger charge is 2.30. The fourth-order valence-corrected chi connectivity index (χ4v) is 5.24. The molecule has 0 atom stereocenters. The second-order valence-corrected chi connectivity index (χ2v) is 9.45. The normalized spacial score (nSPS) is 14.6. The zero-order valence-electron chi connectivity index (χ0n) is 18.3. The maximum Gasteiger partial charge on any atom is 0.343 e. The highest BCUT2D eigenvalue weighted by Crippen LogP contribution is 2.29. The molecule has 0 N–H and O–H groups in total. The highest BCUT2D eigenvalue weighted by molar-refractivity contribution is 7.89. The zero-order valence-corrected chi connectivity index (χ0v) is 19.1. The second-order valence-electron chi connectivity index (χ2n) is 7.54. The Hall–Kier alpha value is -3.20. The van der Waals surface area contributed by atoms with Gasteiger partial charge in [0.1, 0.15) is 16.4 Å². The fourth-order valence-electron chi connectivity index (χ4n) is 3.66. The molecule has 8 heteroatoms. The van der Waals surface area contributed by atoms with Gasteiger partial charge in [0.2, 0.25) is 10.0 Å². The Balaban J connectivity index is 1.60. The molecule has 172 valence electrons. The third-order valence-electron chi connectivity index (χ3n) is 5.40. The lowest BCUT2D eigenvalue weighted by Crippen LogP contribution is -2.40. The van der Waals surface area contributed by atoms with Crippen LogP contribution in [0.3, 0.4) is 0 Å². The van der Waals surface area contributed by atoms with Gasteiger partial charge >= 0.3 is 5.97 Å². The summed E-state index contributed by atoms with van der Waals surface area (Å²) in [6.45, 7) is 1.13. The van der Waals surface area contributed by atoms with Crippen molar-refractivity contribution in [3.8, 4) is 11.5 Å². The van der Waals surface area contributed by atoms with Crippen molar-refractivity contribution in [1.82, 2.24) is 4.31 Å². The number of rotatable bonds is 7. The molecule has 1 aliphatic rings. The SMILES string of the molecule is COc1ccc(C(=O)Oc2ccccc2Cc2ccccc2)cc1S(=O)(=O)N1CCOCC1. The molecule has 33 heavy (non-hydrogen) atoms. The van der Waals surface area contributed by atoms with Crippen LogP contribution in [0.2, 0.25) is 0 Å². The molecule has 0 radical (unpaired) electrons. The van der Waals surface area contributed by atoms with Crippen LogP contribution in [-0.4, -0.2) is 52.1 Å². The standard InChI is InChI=1S/C25H25NO6S/c1-30-23-12-11-21(18-24(23)33(28,29)26-13-15-31-16-14-26)25(27)32-22-10-6-5-9-20(22)17-19-7-3-2-4-8-19/h2-12,18H,13-17H2,1H3. The van der Waals surface area contributed by atoms with Gasteiger partial charge in [0, 0.05) is 19.5 Å². The van der Waals surface area contributed by atoms with Crippen LogP contribution in [-0.2, 0) is 21.2 Å². The van der Waals surface area contributed by atoms with Crippen molar-refractivity contribution in [2.24, 2.45) is 0 Å². The summed E-state index contributed by atoms with van der Waals surface area (Å²) in [6, 6.07) is 21.5. The third-order valence-corrected chi connectivity index (χ3v) is 7.32. The van der Waals surface area contributed by atoms with E-state index in [1.807, 2.05) is 42.5 Å². The number of esters is 1. The molecule has 1 saturated heterocycles. The lowest BCUT2D eigenvalue weighted by atomic mass is 10.0. The van der Waals surface area contributed by atoms with Gasteiger partial charge in [-0.15, -0.1) is 0 Å². The van der Waals surface area contributed by atoms with Crippen LogP contribution in [0.5, 0.6) is 11.5 Å². The van der Waals surface area contributed by atoms with E-state index in [-0.39, 0.29) is 29.3 Å². The molecule has 0 saturated carbocycles. The van der Waals surface area contributed by atoms with Gasteiger partial charge in [-0.1, -0.05) is 48.5 Å². The van der Waals surface area contributed by atoms with Crippen LogP contribution in [0, 0.1) is 0 Å². The molecular weight excluding hydrogens is 442 g/mol. The van der Waals surface area contributed by atoms with E-state index in [1.165, 1.54) is 29.6 Å². The van der Waals surface area contributed by atoms with Gasteiger partial charge < -0.3 is 14.2 Å². The third kappa shape index (κ3) is 5.24. The predicted octanol–water partition coefficient (Wildman–Crippen LogP) is 3.53. The Morgan fingerprint density at radius 3 is 2.36 bits per heavy atom. The minimum atomic E-state index is -3.86. The molecule has 1 aliphatic heterocycles. The molecule has 3 aromatic carbocycles. The summed E-state index contributed by atoms with van der Waals surface area (Å²) in [7, 11) is -2.47. The van der Waals surface area contributed by atoms with Crippen molar-refractivity contribution in [3.63, 3.8) is 0 Å². The summed E-state index contributed by atoms with van der Waals surface area (Å²) >= 11 is 0. The number of para-hydroxylation sites is 1. The van der Waals surface area contributed by atoms with Crippen LogP contribution in [0.15, 0.2) is 77.7 Å². The molecule has 7 nitrogen and oxygen atoms in total. The van der Waals surface area contributed by atoms with Crippen molar-refractivity contribution in [3.05, 3.63) is 89.5 Å². The van der Waals surface area contributed by atoms with Crippen LogP contribution in [0.1, 0.15) is 21.5 Å². The minimum absolute atomic E-state index is 0.0704. The number of morpholine rings is 1. The second kappa shape index (κ2) is 10.2. The molecule has 0 aromatic heterocycles. The largest absolute Gasteiger partial charge is 0.495 e. The Bertz CT molecular complexity index is 1220. The Morgan fingerprint density at radius 1 is 0.939 bits per heavy atom. The van der Waals surface area contributed by atoms with E-state index in [0.717, 1.165) is 11.1 Å². The monoisotopic (exact) mass is 467 g/mol. The fraction of sp³-hybridized carbons (Fsp3) is 0.240. The van der Waals surface area contributed by atoms with Gasteiger partial charge in [0.05, 0.1) is 25.9 Å².